The molecule has 1 unspecified atom stereocenters. The number of carbonyl (C=O) groups excluding carboxylic acids is 1. The highest BCUT2D eigenvalue weighted by molar-refractivity contribution is 7.11. The molecular weight excluding hydrogens is 294 g/mol. The molecule has 2 heterocycles. The zero-order valence-corrected chi connectivity index (χ0v) is 14.5. The van der Waals surface area contributed by atoms with Gasteiger partial charge in [-0.25, -0.2) is 4.98 Å². The molecule has 1 aromatic rings. The van der Waals surface area contributed by atoms with Gasteiger partial charge in [0.1, 0.15) is 0 Å². The second-order valence-corrected chi connectivity index (χ2v) is 8.09. The van der Waals surface area contributed by atoms with Crippen LogP contribution in [0.15, 0.2) is 0 Å². The van der Waals surface area contributed by atoms with Gasteiger partial charge in [0.25, 0.3) is 0 Å². The molecule has 5 heteroatoms. The number of likely N-dealkylation sites (tertiary alicyclic amines) is 1. The third-order valence-corrected chi connectivity index (χ3v) is 6.64. The van der Waals surface area contributed by atoms with E-state index in [0.717, 1.165) is 50.9 Å². The highest BCUT2D eigenvalue weighted by atomic mass is 32.1. The summed E-state index contributed by atoms with van der Waals surface area (Å²) in [5.41, 5.74) is 6.99. The Kier molecular flexibility index (Phi) is 4.83. The first-order valence-electron chi connectivity index (χ1n) is 8.53. The van der Waals surface area contributed by atoms with Crippen molar-refractivity contribution in [2.75, 3.05) is 19.6 Å². The molecule has 0 spiro atoms. The summed E-state index contributed by atoms with van der Waals surface area (Å²) < 4.78 is 0. The van der Waals surface area contributed by atoms with Crippen LogP contribution in [0.25, 0.3) is 0 Å². The molecule has 1 aromatic heterocycles. The number of amides is 1. The summed E-state index contributed by atoms with van der Waals surface area (Å²) in [4.78, 5) is 21.0. The minimum Gasteiger partial charge on any atom is -0.342 e. The van der Waals surface area contributed by atoms with Crippen molar-refractivity contribution in [2.45, 2.75) is 51.9 Å². The van der Waals surface area contributed by atoms with Crippen LogP contribution in [-0.2, 0) is 4.79 Å². The van der Waals surface area contributed by atoms with Crippen LogP contribution < -0.4 is 5.73 Å². The Bertz CT molecular complexity index is 523. The average Bonchev–Trinajstić information content (AvgIpc) is 3.14. The minimum absolute atomic E-state index is 0.170. The summed E-state index contributed by atoms with van der Waals surface area (Å²) in [7, 11) is 0. The lowest BCUT2D eigenvalue weighted by Crippen LogP contribution is -2.44. The minimum atomic E-state index is 0.170. The molecule has 0 radical (unpaired) electrons. The van der Waals surface area contributed by atoms with Gasteiger partial charge in [0.15, 0.2) is 0 Å². The summed E-state index contributed by atoms with van der Waals surface area (Å²) in [5.74, 6) is 1.34. The van der Waals surface area contributed by atoms with E-state index in [2.05, 4.69) is 18.7 Å². The molecule has 0 bridgehead atoms. The number of rotatable bonds is 3. The summed E-state index contributed by atoms with van der Waals surface area (Å²) in [5, 5.41) is 1.22. The fraction of sp³-hybridized carbons (Fsp3) is 0.765. The van der Waals surface area contributed by atoms with Crippen molar-refractivity contribution >= 4 is 17.2 Å². The van der Waals surface area contributed by atoms with Crippen LogP contribution in [0.2, 0.25) is 0 Å². The lowest BCUT2D eigenvalue weighted by Gasteiger charge is -2.34. The molecule has 3 rings (SSSR count). The van der Waals surface area contributed by atoms with E-state index in [9.17, 15) is 4.79 Å². The van der Waals surface area contributed by atoms with Crippen molar-refractivity contribution in [2.24, 2.45) is 17.6 Å². The monoisotopic (exact) mass is 321 g/mol. The molecule has 22 heavy (non-hydrogen) atoms. The number of aryl methyl sites for hydroxylation is 2. The van der Waals surface area contributed by atoms with Crippen LogP contribution >= 0.6 is 11.3 Å². The molecule has 1 saturated carbocycles. The molecule has 1 saturated heterocycles. The summed E-state index contributed by atoms with van der Waals surface area (Å²) >= 11 is 1.80. The van der Waals surface area contributed by atoms with Crippen LogP contribution in [0, 0.1) is 25.7 Å². The maximum Gasteiger partial charge on any atom is 0.226 e. The first kappa shape index (κ1) is 15.9. The topological polar surface area (TPSA) is 59.2 Å². The maximum atomic E-state index is 12.9. The molecule has 1 amide bonds. The molecule has 1 aliphatic carbocycles. The first-order chi connectivity index (χ1) is 10.6. The van der Waals surface area contributed by atoms with E-state index in [1.165, 1.54) is 9.88 Å². The smallest absolute Gasteiger partial charge is 0.226 e. The number of aromatic nitrogens is 1. The molecule has 4 nitrogen and oxygen atoms in total. The van der Waals surface area contributed by atoms with Gasteiger partial charge in [0.2, 0.25) is 5.91 Å². The van der Waals surface area contributed by atoms with E-state index in [4.69, 9.17) is 10.7 Å². The van der Waals surface area contributed by atoms with Crippen molar-refractivity contribution < 1.29 is 4.79 Å². The predicted molar refractivity (Wildman–Crippen MR) is 90.0 cm³/mol. The van der Waals surface area contributed by atoms with Crippen LogP contribution in [0.4, 0.5) is 0 Å². The van der Waals surface area contributed by atoms with Gasteiger partial charge >= 0.3 is 0 Å². The molecule has 2 aliphatic rings. The van der Waals surface area contributed by atoms with Crippen LogP contribution in [0.5, 0.6) is 0 Å². The summed E-state index contributed by atoms with van der Waals surface area (Å²) in [6, 6.07) is 0. The largest absolute Gasteiger partial charge is 0.342 e. The van der Waals surface area contributed by atoms with Crippen LogP contribution in [0.3, 0.4) is 0 Å². The lowest BCUT2D eigenvalue weighted by molar-refractivity contribution is -0.137. The van der Waals surface area contributed by atoms with Gasteiger partial charge in [-0.3, -0.25) is 4.79 Å². The fourth-order valence-electron chi connectivity index (χ4n) is 3.93. The quantitative estimate of drug-likeness (QED) is 0.931. The van der Waals surface area contributed by atoms with E-state index >= 15 is 0 Å². The molecule has 0 aromatic carbocycles. The Morgan fingerprint density at radius 1 is 1.32 bits per heavy atom. The van der Waals surface area contributed by atoms with E-state index in [0.29, 0.717) is 24.3 Å². The average molecular weight is 321 g/mol. The van der Waals surface area contributed by atoms with E-state index in [1.54, 1.807) is 11.3 Å². The number of hydrogen-bond donors (Lipinski definition) is 1. The van der Waals surface area contributed by atoms with Crippen molar-refractivity contribution in [1.82, 2.24) is 9.88 Å². The third-order valence-electron chi connectivity index (χ3n) is 5.41. The Morgan fingerprint density at radius 3 is 2.82 bits per heavy atom. The molecule has 2 N–H and O–H groups in total. The highest BCUT2D eigenvalue weighted by Gasteiger charge is 2.36. The van der Waals surface area contributed by atoms with Crippen molar-refractivity contribution in [3.63, 3.8) is 0 Å². The fourth-order valence-corrected chi connectivity index (χ4v) is 4.98. The summed E-state index contributed by atoms with van der Waals surface area (Å²) in [6.45, 7) is 6.61. The van der Waals surface area contributed by atoms with Gasteiger partial charge in [0, 0.05) is 29.8 Å². The number of carbonyl (C=O) groups is 1. The molecular formula is C17H27N3OS. The lowest BCUT2D eigenvalue weighted by atomic mass is 9.92. The third kappa shape index (κ3) is 3.06. The molecule has 122 valence electrons. The van der Waals surface area contributed by atoms with Crippen LogP contribution in [-0.4, -0.2) is 35.4 Å². The van der Waals surface area contributed by atoms with Gasteiger partial charge < -0.3 is 10.6 Å². The second kappa shape index (κ2) is 6.67. The zero-order valence-electron chi connectivity index (χ0n) is 13.7. The highest BCUT2D eigenvalue weighted by Crippen LogP contribution is 2.36. The second-order valence-electron chi connectivity index (χ2n) is 6.85. The molecule has 3 atom stereocenters. The number of thiazole rings is 1. The van der Waals surface area contributed by atoms with Gasteiger partial charge in [-0.2, -0.15) is 0 Å². The van der Waals surface area contributed by atoms with E-state index in [1.807, 2.05) is 0 Å². The SMILES string of the molecule is Cc1nc(C2CCCN(C(=O)[C@@H]3CCC[C@@H]3CN)C2)sc1C. The van der Waals surface area contributed by atoms with Crippen LogP contribution in [0.1, 0.15) is 53.6 Å². The normalized spacial score (nSPS) is 29.0. The summed E-state index contributed by atoms with van der Waals surface area (Å²) in [6.07, 6.45) is 5.54. The molecule has 2 fully saturated rings. The maximum absolute atomic E-state index is 12.9. The van der Waals surface area contributed by atoms with Gasteiger partial charge in [-0.1, -0.05) is 6.42 Å². The first-order valence-corrected chi connectivity index (χ1v) is 9.34. The number of piperidine rings is 1. The number of nitrogens with zero attached hydrogens (tertiary/aromatic N) is 2. The van der Waals surface area contributed by atoms with Gasteiger partial charge in [-0.05, 0) is 52.0 Å². The Balaban J connectivity index is 1.68. The Morgan fingerprint density at radius 2 is 2.14 bits per heavy atom. The van der Waals surface area contributed by atoms with Gasteiger partial charge in [0.05, 0.1) is 10.7 Å². The van der Waals surface area contributed by atoms with Crippen molar-refractivity contribution in [3.05, 3.63) is 15.6 Å². The predicted octanol–water partition coefficient (Wildman–Crippen LogP) is 2.84. The van der Waals surface area contributed by atoms with E-state index < -0.39 is 0 Å². The Labute approximate surface area is 137 Å². The number of hydrogen-bond acceptors (Lipinski definition) is 4. The molecule has 1 aliphatic heterocycles. The Hall–Kier alpha value is -0.940. The van der Waals surface area contributed by atoms with Gasteiger partial charge in [-0.15, -0.1) is 11.3 Å². The number of nitrogens with two attached hydrogens (primary N) is 1. The van der Waals surface area contributed by atoms with E-state index in [-0.39, 0.29) is 5.92 Å². The van der Waals surface area contributed by atoms with Crippen molar-refractivity contribution in [3.8, 4) is 0 Å². The zero-order chi connectivity index (χ0) is 15.7. The van der Waals surface area contributed by atoms with Crippen molar-refractivity contribution in [1.29, 1.82) is 0 Å². The standard InChI is InChI=1S/C17H27N3OS/c1-11-12(2)22-16(19-11)14-6-4-8-20(10-14)17(21)15-7-3-5-13(15)9-18/h13-15H,3-10,18H2,1-2H3/t13-,14?,15-/m1/s1.